The number of fused-ring (bicyclic) bond motifs is 2. The first-order valence-electron chi connectivity index (χ1n) is 15.7. The normalized spacial score (nSPS) is 16.9. The number of hydrogen-bond acceptors (Lipinski definition) is 3. The van der Waals surface area contributed by atoms with Gasteiger partial charge in [-0.05, 0) is 83.6 Å². The highest BCUT2D eigenvalue weighted by Gasteiger charge is 2.34. The Morgan fingerprint density at radius 1 is 0.809 bits per heavy atom. The van der Waals surface area contributed by atoms with E-state index in [9.17, 15) is 13.6 Å². The average Bonchev–Trinajstić information content (AvgIpc) is 3.10. The molecule has 0 amide bonds. The van der Waals surface area contributed by atoms with Gasteiger partial charge >= 0.3 is 0 Å². The largest absolute Gasteiger partial charge is 0.456 e. The fourth-order valence-electron chi connectivity index (χ4n) is 7.03. The maximum absolute atomic E-state index is 15.5. The van der Waals surface area contributed by atoms with Gasteiger partial charge in [0.25, 0.3) is 5.56 Å². The van der Waals surface area contributed by atoms with Crippen molar-refractivity contribution in [3.05, 3.63) is 152 Å². The van der Waals surface area contributed by atoms with Gasteiger partial charge in [0.1, 0.15) is 17.2 Å². The Bertz CT molecular complexity index is 2080. The van der Waals surface area contributed by atoms with E-state index in [1.807, 2.05) is 66.7 Å². The van der Waals surface area contributed by atoms with Crippen molar-refractivity contribution in [1.29, 1.82) is 0 Å². The molecular weight excluding hydrogens is 604 g/mol. The lowest BCUT2D eigenvalue weighted by molar-refractivity contribution is 0.360. The molecule has 1 aromatic heterocycles. The topological polar surface area (TPSA) is 43.3 Å². The summed E-state index contributed by atoms with van der Waals surface area (Å²) in [5, 5.41) is 2.20. The Morgan fingerprint density at radius 3 is 2.11 bits per heavy atom. The van der Waals surface area contributed by atoms with Crippen LogP contribution < -0.4 is 10.9 Å². The maximum Gasteiger partial charge on any atom is 0.251 e. The Morgan fingerprint density at radius 2 is 1.45 bits per heavy atom. The van der Waals surface area contributed by atoms with Gasteiger partial charge in [-0.25, -0.2) is 17.6 Å². The lowest BCUT2D eigenvalue weighted by atomic mass is 9.82. The predicted octanol–water partition coefficient (Wildman–Crippen LogP) is 9.33. The van der Waals surface area contributed by atoms with Crippen LogP contribution in [0.25, 0.3) is 28.0 Å². The smallest absolute Gasteiger partial charge is 0.251 e. The Kier molecular flexibility index (Phi) is 7.96. The number of halogens is 4. The second-order valence-corrected chi connectivity index (χ2v) is 12.0. The minimum atomic E-state index is -1.55. The molecule has 0 radical (unpaired) electrons. The van der Waals surface area contributed by atoms with E-state index < -0.39 is 34.5 Å². The fraction of sp³-hybridized carbons (Fsp3) is 0.205. The minimum Gasteiger partial charge on any atom is -0.456 e. The molecule has 4 aromatic rings. The van der Waals surface area contributed by atoms with Crippen molar-refractivity contribution in [2.45, 2.75) is 38.5 Å². The molecule has 0 unspecified atom stereocenters. The number of aromatic nitrogens is 1. The third kappa shape index (κ3) is 5.22. The van der Waals surface area contributed by atoms with Crippen LogP contribution in [-0.2, 0) is 18.2 Å². The molecule has 4 nitrogen and oxygen atoms in total. The van der Waals surface area contributed by atoms with Crippen LogP contribution in [0, 0.1) is 23.3 Å². The van der Waals surface area contributed by atoms with E-state index in [4.69, 9.17) is 4.74 Å². The Labute approximate surface area is 270 Å². The number of rotatable bonds is 5. The summed E-state index contributed by atoms with van der Waals surface area (Å²) in [7, 11) is 2.96. The average molecular weight is 637 g/mol. The van der Waals surface area contributed by atoms with Gasteiger partial charge < -0.3 is 14.6 Å². The fourth-order valence-corrected chi connectivity index (χ4v) is 7.03. The van der Waals surface area contributed by atoms with Crippen molar-refractivity contribution in [2.75, 3.05) is 12.4 Å². The van der Waals surface area contributed by atoms with Crippen LogP contribution >= 0.6 is 0 Å². The van der Waals surface area contributed by atoms with Crippen LogP contribution in [0.2, 0.25) is 0 Å². The van der Waals surface area contributed by atoms with Gasteiger partial charge in [0.15, 0.2) is 23.3 Å². The van der Waals surface area contributed by atoms with Gasteiger partial charge in [-0.1, -0.05) is 66.7 Å². The number of nitrogens with zero attached hydrogens (tertiary/aromatic N) is 1. The first kappa shape index (κ1) is 30.5. The van der Waals surface area contributed by atoms with Crippen LogP contribution in [0.15, 0.2) is 101 Å². The van der Waals surface area contributed by atoms with Crippen molar-refractivity contribution in [2.24, 2.45) is 7.05 Å². The molecule has 3 aliphatic rings. The highest BCUT2D eigenvalue weighted by Crippen LogP contribution is 2.46. The molecule has 238 valence electrons. The van der Waals surface area contributed by atoms with Crippen LogP contribution in [0.3, 0.4) is 0 Å². The second-order valence-electron chi connectivity index (χ2n) is 12.0. The number of benzene rings is 3. The van der Waals surface area contributed by atoms with Gasteiger partial charge in [0.05, 0.1) is 11.3 Å². The zero-order valence-corrected chi connectivity index (χ0v) is 26.0. The molecule has 8 heteroatoms. The van der Waals surface area contributed by atoms with Gasteiger partial charge in [-0.3, -0.25) is 4.79 Å². The van der Waals surface area contributed by atoms with E-state index in [0.29, 0.717) is 30.6 Å². The number of hydrogen-bond donors (Lipinski definition) is 1. The van der Waals surface area contributed by atoms with Gasteiger partial charge in [0.2, 0.25) is 0 Å². The molecule has 47 heavy (non-hydrogen) atoms. The van der Waals surface area contributed by atoms with Crippen molar-refractivity contribution in [1.82, 2.24) is 4.57 Å². The Hall–Kier alpha value is -5.11. The number of pyridine rings is 1. The zero-order valence-electron chi connectivity index (χ0n) is 26.0. The summed E-state index contributed by atoms with van der Waals surface area (Å²) < 4.78 is 68.9. The third-order valence-corrected chi connectivity index (χ3v) is 9.25. The van der Waals surface area contributed by atoms with Crippen molar-refractivity contribution in [3.8, 4) is 11.1 Å². The highest BCUT2D eigenvalue weighted by atomic mass is 19.2. The summed E-state index contributed by atoms with van der Waals surface area (Å²) in [6, 6.07) is 20.9. The predicted molar refractivity (Wildman–Crippen MR) is 177 cm³/mol. The van der Waals surface area contributed by atoms with E-state index in [1.54, 1.807) is 17.7 Å². The van der Waals surface area contributed by atoms with Crippen LogP contribution in [0.4, 0.5) is 23.2 Å². The van der Waals surface area contributed by atoms with E-state index in [1.165, 1.54) is 13.1 Å². The van der Waals surface area contributed by atoms with Gasteiger partial charge in [0, 0.05) is 25.7 Å². The van der Waals surface area contributed by atoms with Crippen molar-refractivity contribution >= 4 is 22.6 Å². The monoisotopic (exact) mass is 636 g/mol. The third-order valence-electron chi connectivity index (χ3n) is 9.25. The number of anilines is 1. The quantitative estimate of drug-likeness (QED) is 0.175. The lowest BCUT2D eigenvalue weighted by Gasteiger charge is -2.30. The molecule has 0 atom stereocenters. The van der Waals surface area contributed by atoms with Gasteiger partial charge in [-0.15, -0.1) is 0 Å². The van der Waals surface area contributed by atoms with Gasteiger partial charge in [-0.2, -0.15) is 0 Å². The lowest BCUT2D eigenvalue weighted by Crippen LogP contribution is -2.24. The first-order valence-corrected chi connectivity index (χ1v) is 15.7. The summed E-state index contributed by atoms with van der Waals surface area (Å²) in [5.41, 5.74) is 5.93. The molecule has 3 aromatic carbocycles. The maximum atomic E-state index is 15.5. The van der Waals surface area contributed by atoms with Crippen molar-refractivity contribution < 1.29 is 22.3 Å². The molecule has 0 saturated heterocycles. The summed E-state index contributed by atoms with van der Waals surface area (Å²) in [6.45, 7) is 0. The molecule has 1 N–H and O–H groups in total. The molecule has 0 spiro atoms. The highest BCUT2D eigenvalue weighted by molar-refractivity contribution is 5.89. The first-order chi connectivity index (χ1) is 22.8. The molecule has 2 heterocycles. The zero-order chi connectivity index (χ0) is 32.8. The standard InChI is InChI=1S/C39H32F4N2O2/c1-44-37-35(42)33(40)32(34(41)36(37)43)30-20-28(22-11-5-3-6-12-22)27-18-10-16-25(39(27)47-30)19-24-15-9-17-26-29(23-13-7-4-8-14-23)21-31(46)45(2)38(24)26/h3-8,11-14,19-21,44H,9-10,15-18H2,1-2H3/b24-19-. The molecule has 0 fully saturated rings. The van der Waals surface area contributed by atoms with Crippen LogP contribution in [0.5, 0.6) is 0 Å². The van der Waals surface area contributed by atoms with Crippen LogP contribution in [0.1, 0.15) is 54.5 Å². The summed E-state index contributed by atoms with van der Waals surface area (Å²) in [5.74, 6) is -6.06. The summed E-state index contributed by atoms with van der Waals surface area (Å²) in [6.07, 6.45) is 7.92. The molecule has 7 rings (SSSR count). The molecular formula is C39H32F4N2O2. The van der Waals surface area contributed by atoms with E-state index in [-0.39, 0.29) is 11.3 Å². The molecule has 2 aliphatic carbocycles. The number of ether oxygens (including phenoxy) is 1. The molecule has 1 aliphatic heterocycles. The SMILES string of the molecule is CNc1c(F)c(F)c(C2=CC(c3ccccc3)=C3CCCC(/C=C4/CCCc5c(-c6ccccc6)cc(=O)n(C)c54)=C3O2)c(F)c1F. The Balaban J connectivity index is 1.44. The second kappa shape index (κ2) is 12.2. The van der Waals surface area contributed by atoms with E-state index in [0.717, 1.165) is 63.9 Å². The number of nitrogens with one attached hydrogen (secondary N) is 1. The van der Waals surface area contributed by atoms with E-state index in [2.05, 4.69) is 5.32 Å². The summed E-state index contributed by atoms with van der Waals surface area (Å²) in [4.78, 5) is 13.3. The summed E-state index contributed by atoms with van der Waals surface area (Å²) >= 11 is 0. The minimum absolute atomic E-state index is 0.122. The number of allylic oxidation sites excluding steroid dienone is 6. The molecule has 0 saturated carbocycles. The van der Waals surface area contributed by atoms with E-state index >= 15 is 8.78 Å². The van der Waals surface area contributed by atoms with Crippen LogP contribution in [-0.4, -0.2) is 11.6 Å². The molecule has 0 bridgehead atoms. The van der Waals surface area contributed by atoms with Crippen molar-refractivity contribution in [3.63, 3.8) is 0 Å².